The number of anilines is 1. The maximum Gasteiger partial charge on any atom is 0.305 e. The summed E-state index contributed by atoms with van der Waals surface area (Å²) in [5.41, 5.74) is 1.99. The van der Waals surface area contributed by atoms with Gasteiger partial charge in [-0.1, -0.05) is 12.1 Å². The highest BCUT2D eigenvalue weighted by Gasteiger charge is 2.14. The number of aliphatic carboxylic acids is 1. The van der Waals surface area contributed by atoms with Gasteiger partial charge in [-0.25, -0.2) is 4.98 Å². The Morgan fingerprint density at radius 1 is 1.44 bits per heavy atom. The van der Waals surface area contributed by atoms with Gasteiger partial charge in [-0.2, -0.15) is 0 Å². The van der Waals surface area contributed by atoms with Crippen molar-refractivity contribution in [2.75, 3.05) is 18.0 Å². The molecule has 1 aromatic carbocycles. The second kappa shape index (κ2) is 5.08. The van der Waals surface area contributed by atoms with Gasteiger partial charge in [-0.3, -0.25) is 4.79 Å². The molecule has 2 rings (SSSR count). The molecule has 1 N–H and O–H groups in total. The average Bonchev–Trinajstić information content (AvgIpc) is 2.68. The van der Waals surface area contributed by atoms with Crippen molar-refractivity contribution in [1.29, 1.82) is 0 Å². The lowest BCUT2D eigenvalue weighted by Crippen LogP contribution is -2.28. The van der Waals surface area contributed by atoms with Crippen LogP contribution in [0.25, 0.3) is 11.0 Å². The summed E-state index contributed by atoms with van der Waals surface area (Å²) in [4.78, 5) is 17.2. The Morgan fingerprint density at radius 3 is 2.78 bits per heavy atom. The smallest absolute Gasteiger partial charge is 0.305 e. The van der Waals surface area contributed by atoms with Gasteiger partial charge in [-0.05, 0) is 19.1 Å². The number of carboxylic acids is 1. The molecule has 18 heavy (non-hydrogen) atoms. The number of aryl methyl sites for hydroxylation is 1. The van der Waals surface area contributed by atoms with Gasteiger partial charge in [0, 0.05) is 20.1 Å². The topological polar surface area (TPSA) is 58.4 Å². The standard InChI is InChI=1S/C13H17N3O2/c1-3-16(9-8-12(17)18)13-14-10-6-4-5-7-11(10)15(13)2/h4-7H,3,8-9H2,1-2H3,(H,17,18). The molecule has 5 heteroatoms. The molecule has 0 bridgehead atoms. The van der Waals surface area contributed by atoms with E-state index in [1.165, 1.54) is 0 Å². The molecule has 0 radical (unpaired) electrons. The minimum absolute atomic E-state index is 0.122. The van der Waals surface area contributed by atoms with Crippen molar-refractivity contribution in [2.45, 2.75) is 13.3 Å². The summed E-state index contributed by atoms with van der Waals surface area (Å²) in [5.74, 6) is 0.0344. The van der Waals surface area contributed by atoms with Crippen LogP contribution in [0.4, 0.5) is 5.95 Å². The number of carbonyl (C=O) groups is 1. The van der Waals surface area contributed by atoms with Crippen molar-refractivity contribution in [3.63, 3.8) is 0 Å². The molecule has 5 nitrogen and oxygen atoms in total. The largest absolute Gasteiger partial charge is 0.481 e. The van der Waals surface area contributed by atoms with Crippen molar-refractivity contribution in [3.8, 4) is 0 Å². The lowest BCUT2D eigenvalue weighted by molar-refractivity contribution is -0.136. The molecule has 0 aliphatic carbocycles. The van der Waals surface area contributed by atoms with Crippen molar-refractivity contribution in [3.05, 3.63) is 24.3 Å². The molecule has 96 valence electrons. The van der Waals surface area contributed by atoms with Gasteiger partial charge >= 0.3 is 5.97 Å². The molecule has 1 aromatic heterocycles. The van der Waals surface area contributed by atoms with E-state index >= 15 is 0 Å². The molecule has 0 spiro atoms. The van der Waals surface area contributed by atoms with E-state index in [4.69, 9.17) is 5.11 Å². The summed E-state index contributed by atoms with van der Waals surface area (Å²) in [6.45, 7) is 3.22. The number of fused-ring (bicyclic) bond motifs is 1. The second-order valence-corrected chi connectivity index (χ2v) is 4.18. The Bertz CT molecular complexity index is 562. The molecule has 0 unspecified atom stereocenters. The van der Waals surface area contributed by atoms with Crippen LogP contribution >= 0.6 is 0 Å². The number of benzene rings is 1. The summed E-state index contributed by atoms with van der Waals surface area (Å²) in [7, 11) is 1.95. The van der Waals surface area contributed by atoms with Crippen LogP contribution in [0.2, 0.25) is 0 Å². The Morgan fingerprint density at radius 2 is 2.17 bits per heavy atom. The summed E-state index contributed by atoms with van der Waals surface area (Å²) in [5, 5.41) is 8.76. The molecule has 0 atom stereocenters. The fourth-order valence-corrected chi connectivity index (χ4v) is 2.05. The van der Waals surface area contributed by atoms with Gasteiger partial charge in [0.25, 0.3) is 0 Å². The van der Waals surface area contributed by atoms with Crippen LogP contribution in [0.15, 0.2) is 24.3 Å². The van der Waals surface area contributed by atoms with E-state index in [9.17, 15) is 4.79 Å². The molecule has 0 aliphatic rings. The maximum absolute atomic E-state index is 10.7. The summed E-state index contributed by atoms with van der Waals surface area (Å²) in [6, 6.07) is 7.90. The lowest BCUT2D eigenvalue weighted by atomic mass is 10.3. The van der Waals surface area contributed by atoms with Crippen LogP contribution < -0.4 is 4.90 Å². The fourth-order valence-electron chi connectivity index (χ4n) is 2.05. The molecule has 0 fully saturated rings. The first kappa shape index (κ1) is 12.4. The Kier molecular flexibility index (Phi) is 3.50. The summed E-state index contributed by atoms with van der Waals surface area (Å²) < 4.78 is 2.00. The quantitative estimate of drug-likeness (QED) is 0.876. The minimum atomic E-state index is -0.785. The first-order valence-corrected chi connectivity index (χ1v) is 6.01. The van der Waals surface area contributed by atoms with E-state index < -0.39 is 5.97 Å². The molecule has 1 heterocycles. The van der Waals surface area contributed by atoms with E-state index in [2.05, 4.69) is 4.98 Å². The van der Waals surface area contributed by atoms with Crippen molar-refractivity contribution in [1.82, 2.24) is 9.55 Å². The normalized spacial score (nSPS) is 10.8. The van der Waals surface area contributed by atoms with E-state index in [-0.39, 0.29) is 6.42 Å². The number of nitrogens with zero attached hydrogens (tertiary/aromatic N) is 3. The maximum atomic E-state index is 10.7. The highest BCUT2D eigenvalue weighted by Crippen LogP contribution is 2.20. The van der Waals surface area contributed by atoms with Crippen LogP contribution in [0, 0.1) is 0 Å². The van der Waals surface area contributed by atoms with Gasteiger partial charge in [0.15, 0.2) is 0 Å². The van der Waals surface area contributed by atoms with Crippen LogP contribution in [-0.2, 0) is 11.8 Å². The molecule has 2 aromatic rings. The zero-order valence-electron chi connectivity index (χ0n) is 10.6. The number of para-hydroxylation sites is 2. The zero-order chi connectivity index (χ0) is 13.1. The predicted molar refractivity (Wildman–Crippen MR) is 70.9 cm³/mol. The zero-order valence-corrected chi connectivity index (χ0v) is 10.6. The molecule has 0 saturated carbocycles. The number of carboxylic acid groups (broad SMARTS) is 1. The van der Waals surface area contributed by atoms with Crippen molar-refractivity contribution in [2.24, 2.45) is 7.05 Å². The van der Waals surface area contributed by atoms with Crippen LogP contribution in [-0.4, -0.2) is 33.7 Å². The molecular formula is C13H17N3O2. The Hall–Kier alpha value is -2.04. The van der Waals surface area contributed by atoms with Crippen LogP contribution in [0.3, 0.4) is 0 Å². The third kappa shape index (κ3) is 2.30. The summed E-state index contributed by atoms with van der Waals surface area (Å²) in [6.07, 6.45) is 0.122. The monoisotopic (exact) mass is 247 g/mol. The predicted octanol–water partition coefficient (Wildman–Crippen LogP) is 1.87. The highest BCUT2D eigenvalue weighted by atomic mass is 16.4. The van der Waals surface area contributed by atoms with Crippen LogP contribution in [0.5, 0.6) is 0 Å². The minimum Gasteiger partial charge on any atom is -0.481 e. The SMILES string of the molecule is CCN(CCC(=O)O)c1nc2ccccc2n1C. The number of hydrogen-bond donors (Lipinski definition) is 1. The van der Waals surface area contributed by atoms with Crippen molar-refractivity contribution < 1.29 is 9.90 Å². The first-order chi connectivity index (χ1) is 8.63. The van der Waals surface area contributed by atoms with E-state index in [0.717, 1.165) is 23.5 Å². The first-order valence-electron chi connectivity index (χ1n) is 6.01. The number of hydrogen-bond acceptors (Lipinski definition) is 3. The van der Waals surface area contributed by atoms with Gasteiger partial charge in [0.1, 0.15) is 0 Å². The second-order valence-electron chi connectivity index (χ2n) is 4.18. The molecule has 0 saturated heterocycles. The molecule has 0 aliphatic heterocycles. The fraction of sp³-hybridized carbons (Fsp3) is 0.385. The molecular weight excluding hydrogens is 230 g/mol. The Balaban J connectivity index is 2.33. The van der Waals surface area contributed by atoms with Gasteiger partial charge in [0.05, 0.1) is 17.5 Å². The average molecular weight is 247 g/mol. The van der Waals surface area contributed by atoms with Gasteiger partial charge in [-0.15, -0.1) is 0 Å². The number of imidazole rings is 1. The highest BCUT2D eigenvalue weighted by molar-refractivity contribution is 5.78. The van der Waals surface area contributed by atoms with Crippen LogP contribution in [0.1, 0.15) is 13.3 Å². The van der Waals surface area contributed by atoms with E-state index in [1.54, 1.807) is 0 Å². The van der Waals surface area contributed by atoms with Gasteiger partial charge < -0.3 is 14.6 Å². The molecule has 0 amide bonds. The Labute approximate surface area is 106 Å². The third-order valence-electron chi connectivity index (χ3n) is 3.02. The summed E-state index contributed by atoms with van der Waals surface area (Å²) >= 11 is 0. The lowest BCUT2D eigenvalue weighted by Gasteiger charge is -2.20. The number of aromatic nitrogens is 2. The van der Waals surface area contributed by atoms with Gasteiger partial charge in [0.2, 0.25) is 5.95 Å². The van der Waals surface area contributed by atoms with Crippen molar-refractivity contribution >= 4 is 23.0 Å². The van der Waals surface area contributed by atoms with E-state index in [0.29, 0.717) is 6.54 Å². The number of rotatable bonds is 5. The third-order valence-corrected chi connectivity index (χ3v) is 3.02. The van der Waals surface area contributed by atoms with E-state index in [1.807, 2.05) is 47.7 Å².